The largest absolute Gasteiger partial charge is 0.329 e. The van der Waals surface area contributed by atoms with Gasteiger partial charge in [-0.25, -0.2) is 0 Å². The molecular formula is C12H16BrNOS. The predicted molar refractivity (Wildman–Crippen MR) is 70.7 cm³/mol. The molecule has 0 radical (unpaired) electrons. The Morgan fingerprint density at radius 3 is 2.69 bits per heavy atom. The summed E-state index contributed by atoms with van der Waals surface area (Å²) in [6, 6.07) is 2.00. The Hall–Kier alpha value is -0.190. The quantitative estimate of drug-likeness (QED) is 0.928. The molecule has 0 atom stereocenters. The molecule has 1 saturated carbocycles. The zero-order chi connectivity index (χ0) is 11.6. The number of hydrogen-bond acceptors (Lipinski definition) is 3. The molecule has 4 heteroatoms. The van der Waals surface area contributed by atoms with Crippen LogP contribution in [0.3, 0.4) is 0 Å². The Bertz CT molecular complexity index is 382. The van der Waals surface area contributed by atoms with Gasteiger partial charge >= 0.3 is 0 Å². The third-order valence-corrected chi connectivity index (χ3v) is 5.48. The minimum atomic E-state index is -0.219. The Kier molecular flexibility index (Phi) is 3.82. The van der Waals surface area contributed by atoms with Gasteiger partial charge in [-0.05, 0) is 40.2 Å². The summed E-state index contributed by atoms with van der Waals surface area (Å²) in [4.78, 5) is 13.5. The van der Waals surface area contributed by atoms with E-state index < -0.39 is 0 Å². The van der Waals surface area contributed by atoms with E-state index in [1.807, 2.05) is 11.4 Å². The second-order valence-corrected chi connectivity index (χ2v) is 6.34. The molecule has 0 bridgehead atoms. The first-order chi connectivity index (χ1) is 7.68. The van der Waals surface area contributed by atoms with Crippen molar-refractivity contribution < 1.29 is 4.79 Å². The predicted octanol–water partition coefficient (Wildman–Crippen LogP) is 3.14. The maximum absolute atomic E-state index is 12.3. The fourth-order valence-corrected chi connectivity index (χ4v) is 3.92. The van der Waals surface area contributed by atoms with E-state index in [4.69, 9.17) is 5.73 Å². The summed E-state index contributed by atoms with van der Waals surface area (Å²) in [5.74, 6) is 0.329. The summed E-state index contributed by atoms with van der Waals surface area (Å²) < 4.78 is 1.05. The third kappa shape index (κ3) is 2.24. The van der Waals surface area contributed by atoms with E-state index in [0.29, 0.717) is 18.7 Å². The van der Waals surface area contributed by atoms with Crippen molar-refractivity contribution in [2.75, 3.05) is 6.54 Å². The number of halogens is 1. The van der Waals surface area contributed by atoms with Gasteiger partial charge in [0.25, 0.3) is 0 Å². The lowest BCUT2D eigenvalue weighted by Crippen LogP contribution is -2.37. The molecule has 0 spiro atoms. The first-order valence-electron chi connectivity index (χ1n) is 5.63. The minimum absolute atomic E-state index is 0.219. The summed E-state index contributed by atoms with van der Waals surface area (Å²) in [7, 11) is 0. The lowest BCUT2D eigenvalue weighted by molar-refractivity contribution is -0.127. The van der Waals surface area contributed by atoms with E-state index in [1.165, 1.54) is 0 Å². The number of rotatable bonds is 4. The average Bonchev–Trinajstić information content (AvgIpc) is 2.89. The van der Waals surface area contributed by atoms with Crippen molar-refractivity contribution in [2.45, 2.75) is 32.1 Å². The summed E-state index contributed by atoms with van der Waals surface area (Å²) in [6.07, 6.45) is 4.79. The van der Waals surface area contributed by atoms with Crippen LogP contribution in [0.25, 0.3) is 0 Å². The Labute approximate surface area is 108 Å². The van der Waals surface area contributed by atoms with Crippen molar-refractivity contribution in [3.8, 4) is 0 Å². The van der Waals surface area contributed by atoms with Crippen LogP contribution in [0.2, 0.25) is 0 Å². The molecule has 0 saturated heterocycles. The highest BCUT2D eigenvalue weighted by Crippen LogP contribution is 2.39. The van der Waals surface area contributed by atoms with Crippen molar-refractivity contribution in [1.29, 1.82) is 0 Å². The zero-order valence-corrected chi connectivity index (χ0v) is 11.6. The highest BCUT2D eigenvalue weighted by Gasteiger charge is 2.39. The summed E-state index contributed by atoms with van der Waals surface area (Å²) in [5.41, 5.74) is 5.59. The monoisotopic (exact) mass is 301 g/mol. The van der Waals surface area contributed by atoms with E-state index in [1.54, 1.807) is 11.3 Å². The number of thiophene rings is 1. The molecule has 0 aromatic carbocycles. The smallest absolute Gasteiger partial charge is 0.145 e. The fourth-order valence-electron chi connectivity index (χ4n) is 2.43. The molecule has 1 fully saturated rings. The van der Waals surface area contributed by atoms with E-state index >= 15 is 0 Å². The summed E-state index contributed by atoms with van der Waals surface area (Å²) >= 11 is 5.11. The Balaban J connectivity index is 2.10. The van der Waals surface area contributed by atoms with E-state index in [0.717, 1.165) is 35.0 Å². The molecule has 88 valence electrons. The molecule has 2 N–H and O–H groups in total. The molecule has 1 aliphatic rings. The molecule has 2 nitrogen and oxygen atoms in total. The van der Waals surface area contributed by atoms with Crippen molar-refractivity contribution >= 4 is 33.0 Å². The summed E-state index contributed by atoms with van der Waals surface area (Å²) in [6.45, 7) is 0.509. The number of carbonyl (C=O) groups excluding carboxylic acids is 1. The van der Waals surface area contributed by atoms with Crippen LogP contribution in [0, 0.1) is 5.41 Å². The van der Waals surface area contributed by atoms with Gasteiger partial charge in [0.1, 0.15) is 5.78 Å². The van der Waals surface area contributed by atoms with Crippen LogP contribution >= 0.6 is 27.3 Å². The minimum Gasteiger partial charge on any atom is -0.329 e. The van der Waals surface area contributed by atoms with Crippen molar-refractivity contribution in [1.82, 2.24) is 0 Å². The number of nitrogens with two attached hydrogens (primary N) is 1. The molecule has 1 aliphatic carbocycles. The molecular weight excluding hydrogens is 286 g/mol. The van der Waals surface area contributed by atoms with Gasteiger partial charge in [-0.3, -0.25) is 4.79 Å². The van der Waals surface area contributed by atoms with Crippen molar-refractivity contribution in [3.05, 3.63) is 20.8 Å². The van der Waals surface area contributed by atoms with Crippen LogP contribution in [0.4, 0.5) is 0 Å². The molecule has 16 heavy (non-hydrogen) atoms. The maximum Gasteiger partial charge on any atom is 0.145 e. The van der Waals surface area contributed by atoms with Crippen LogP contribution in [-0.2, 0) is 11.2 Å². The van der Waals surface area contributed by atoms with Gasteiger partial charge in [0.05, 0.1) is 0 Å². The second-order valence-electron chi connectivity index (χ2n) is 4.48. The number of ketones is 1. The van der Waals surface area contributed by atoms with Crippen molar-refractivity contribution in [3.63, 3.8) is 0 Å². The molecule has 0 unspecified atom stereocenters. The van der Waals surface area contributed by atoms with Crippen LogP contribution < -0.4 is 5.73 Å². The van der Waals surface area contributed by atoms with Crippen LogP contribution in [0.1, 0.15) is 30.6 Å². The lowest BCUT2D eigenvalue weighted by atomic mass is 9.80. The first kappa shape index (κ1) is 12.3. The molecule has 0 aliphatic heterocycles. The van der Waals surface area contributed by atoms with E-state index in [2.05, 4.69) is 15.9 Å². The number of carbonyl (C=O) groups is 1. The third-order valence-electron chi connectivity index (χ3n) is 3.56. The van der Waals surface area contributed by atoms with Crippen LogP contribution in [0.15, 0.2) is 15.9 Å². The van der Waals surface area contributed by atoms with Crippen LogP contribution in [0.5, 0.6) is 0 Å². The van der Waals surface area contributed by atoms with Gasteiger partial charge in [0.2, 0.25) is 0 Å². The summed E-state index contributed by atoms with van der Waals surface area (Å²) in [5, 5.41) is 2.01. The van der Waals surface area contributed by atoms with Gasteiger partial charge in [-0.15, -0.1) is 11.3 Å². The standard InChI is InChI=1S/C12H16BrNOS/c13-9-3-6-16-10(9)7-11(15)12(8-14)4-1-2-5-12/h3,6H,1-2,4-5,7-8,14H2. The maximum atomic E-state index is 12.3. The highest BCUT2D eigenvalue weighted by molar-refractivity contribution is 9.10. The molecule has 0 amide bonds. The number of hydrogen-bond donors (Lipinski definition) is 1. The van der Waals surface area contributed by atoms with Crippen molar-refractivity contribution in [2.24, 2.45) is 11.1 Å². The second kappa shape index (κ2) is 4.98. The number of Topliss-reactive ketones (excluding diaryl/α,β-unsaturated/α-hetero) is 1. The topological polar surface area (TPSA) is 43.1 Å². The molecule has 1 heterocycles. The highest BCUT2D eigenvalue weighted by atomic mass is 79.9. The Morgan fingerprint density at radius 2 is 2.19 bits per heavy atom. The average molecular weight is 302 g/mol. The lowest BCUT2D eigenvalue weighted by Gasteiger charge is -2.25. The van der Waals surface area contributed by atoms with Gasteiger partial charge in [0, 0.05) is 27.7 Å². The van der Waals surface area contributed by atoms with Gasteiger partial charge in [-0.2, -0.15) is 0 Å². The van der Waals surface area contributed by atoms with Gasteiger partial charge < -0.3 is 5.73 Å². The molecule has 2 rings (SSSR count). The van der Waals surface area contributed by atoms with Gasteiger partial charge in [0.15, 0.2) is 0 Å². The zero-order valence-electron chi connectivity index (χ0n) is 9.17. The van der Waals surface area contributed by atoms with Gasteiger partial charge in [-0.1, -0.05) is 12.8 Å². The van der Waals surface area contributed by atoms with E-state index in [-0.39, 0.29) is 5.41 Å². The fraction of sp³-hybridized carbons (Fsp3) is 0.583. The Morgan fingerprint density at radius 1 is 1.50 bits per heavy atom. The van der Waals surface area contributed by atoms with Crippen LogP contribution in [-0.4, -0.2) is 12.3 Å². The molecule has 1 aromatic heterocycles. The SMILES string of the molecule is NCC1(C(=O)Cc2sccc2Br)CCCC1. The normalized spacial score (nSPS) is 18.9. The van der Waals surface area contributed by atoms with E-state index in [9.17, 15) is 4.79 Å². The molecule has 1 aromatic rings. The first-order valence-corrected chi connectivity index (χ1v) is 7.30.